The van der Waals surface area contributed by atoms with E-state index in [4.69, 9.17) is 14.2 Å². The lowest BCUT2D eigenvalue weighted by atomic mass is 9.98. The van der Waals surface area contributed by atoms with Gasteiger partial charge in [-0.15, -0.1) is 11.3 Å². The van der Waals surface area contributed by atoms with Crippen molar-refractivity contribution in [2.75, 3.05) is 40.5 Å². The SMILES string of the molecule is COc1ccc(-c2sc3cc(OC)ccc3c2-c2cccc(OCCCN3CCCCC3)c2)cc1. The van der Waals surface area contributed by atoms with Gasteiger partial charge in [-0.05, 0) is 98.1 Å². The highest BCUT2D eigenvalue weighted by Gasteiger charge is 2.17. The maximum Gasteiger partial charge on any atom is 0.120 e. The van der Waals surface area contributed by atoms with Crippen molar-refractivity contribution in [3.8, 4) is 38.8 Å². The van der Waals surface area contributed by atoms with Gasteiger partial charge in [0, 0.05) is 27.1 Å². The van der Waals surface area contributed by atoms with Crippen molar-refractivity contribution < 1.29 is 14.2 Å². The molecule has 5 heteroatoms. The van der Waals surface area contributed by atoms with Gasteiger partial charge in [0.05, 0.1) is 20.8 Å². The minimum atomic E-state index is 0.743. The van der Waals surface area contributed by atoms with Crippen LogP contribution in [0.5, 0.6) is 17.2 Å². The second kappa shape index (κ2) is 11.1. The lowest BCUT2D eigenvalue weighted by Crippen LogP contribution is -2.31. The zero-order valence-electron chi connectivity index (χ0n) is 20.6. The van der Waals surface area contributed by atoms with E-state index in [0.717, 1.165) is 36.8 Å². The van der Waals surface area contributed by atoms with Crippen molar-refractivity contribution in [2.45, 2.75) is 25.7 Å². The van der Waals surface area contributed by atoms with Crippen LogP contribution in [0.15, 0.2) is 66.7 Å². The van der Waals surface area contributed by atoms with Crippen LogP contribution in [-0.2, 0) is 0 Å². The number of rotatable bonds is 9. The monoisotopic (exact) mass is 487 g/mol. The molecule has 1 fully saturated rings. The highest BCUT2D eigenvalue weighted by atomic mass is 32.1. The number of nitrogens with zero attached hydrogens (tertiary/aromatic N) is 1. The van der Waals surface area contributed by atoms with Gasteiger partial charge in [-0.3, -0.25) is 0 Å². The third kappa shape index (κ3) is 5.47. The zero-order chi connectivity index (χ0) is 24.0. The summed E-state index contributed by atoms with van der Waals surface area (Å²) >= 11 is 1.79. The molecule has 35 heavy (non-hydrogen) atoms. The molecule has 1 aliphatic heterocycles. The van der Waals surface area contributed by atoms with Gasteiger partial charge in [-0.1, -0.05) is 18.6 Å². The van der Waals surface area contributed by atoms with Crippen molar-refractivity contribution in [1.29, 1.82) is 0 Å². The van der Waals surface area contributed by atoms with Crippen molar-refractivity contribution in [2.24, 2.45) is 0 Å². The molecule has 0 saturated carbocycles. The summed E-state index contributed by atoms with van der Waals surface area (Å²) < 4.78 is 18.3. The summed E-state index contributed by atoms with van der Waals surface area (Å²) in [6.07, 6.45) is 5.10. The molecule has 0 amide bonds. The summed E-state index contributed by atoms with van der Waals surface area (Å²) in [7, 11) is 3.41. The van der Waals surface area contributed by atoms with E-state index in [9.17, 15) is 0 Å². The number of hydrogen-bond donors (Lipinski definition) is 0. The number of hydrogen-bond acceptors (Lipinski definition) is 5. The number of thiophene rings is 1. The molecule has 1 aromatic heterocycles. The Labute approximate surface area is 212 Å². The number of likely N-dealkylation sites (tertiary alicyclic amines) is 1. The number of piperidine rings is 1. The minimum absolute atomic E-state index is 0.743. The Balaban J connectivity index is 1.42. The van der Waals surface area contributed by atoms with E-state index >= 15 is 0 Å². The molecule has 1 aliphatic rings. The molecule has 182 valence electrons. The number of benzene rings is 3. The highest BCUT2D eigenvalue weighted by molar-refractivity contribution is 7.23. The van der Waals surface area contributed by atoms with Crippen LogP contribution in [0.25, 0.3) is 31.7 Å². The van der Waals surface area contributed by atoms with E-state index in [0.29, 0.717) is 0 Å². The first-order valence-electron chi connectivity index (χ1n) is 12.5. The topological polar surface area (TPSA) is 30.9 Å². The maximum absolute atomic E-state index is 6.20. The summed E-state index contributed by atoms with van der Waals surface area (Å²) in [4.78, 5) is 3.80. The van der Waals surface area contributed by atoms with Gasteiger partial charge in [-0.2, -0.15) is 0 Å². The first-order chi connectivity index (χ1) is 17.2. The quantitative estimate of drug-likeness (QED) is 0.229. The maximum atomic E-state index is 6.20. The molecule has 5 rings (SSSR count). The molecule has 0 radical (unpaired) electrons. The molecule has 1 saturated heterocycles. The third-order valence-corrected chi connectivity index (χ3v) is 7.91. The van der Waals surface area contributed by atoms with Gasteiger partial charge in [-0.25, -0.2) is 0 Å². The van der Waals surface area contributed by atoms with E-state index in [1.165, 1.54) is 64.0 Å². The number of fused-ring (bicyclic) bond motifs is 1. The van der Waals surface area contributed by atoms with Crippen molar-refractivity contribution >= 4 is 21.4 Å². The van der Waals surface area contributed by atoms with Gasteiger partial charge in [0.25, 0.3) is 0 Å². The summed E-state index contributed by atoms with van der Waals surface area (Å²) in [6.45, 7) is 4.34. The van der Waals surface area contributed by atoms with Crippen LogP contribution in [0.1, 0.15) is 25.7 Å². The summed E-state index contributed by atoms with van der Waals surface area (Å²) in [5, 5.41) is 1.23. The summed E-state index contributed by atoms with van der Waals surface area (Å²) in [6, 6.07) is 23.1. The van der Waals surface area contributed by atoms with Crippen LogP contribution < -0.4 is 14.2 Å². The van der Waals surface area contributed by atoms with Gasteiger partial charge in [0.1, 0.15) is 17.2 Å². The van der Waals surface area contributed by atoms with E-state index < -0.39 is 0 Å². The average Bonchev–Trinajstić information content (AvgIpc) is 3.30. The minimum Gasteiger partial charge on any atom is -0.497 e. The van der Waals surface area contributed by atoms with Crippen LogP contribution in [0.4, 0.5) is 0 Å². The molecule has 0 N–H and O–H groups in total. The molecule has 0 atom stereocenters. The molecule has 3 aromatic carbocycles. The van der Waals surface area contributed by atoms with E-state index in [1.807, 2.05) is 18.2 Å². The fourth-order valence-electron chi connectivity index (χ4n) is 4.84. The molecular formula is C30H33NO3S. The Bertz CT molecular complexity index is 1260. The van der Waals surface area contributed by atoms with Crippen LogP contribution in [0, 0.1) is 0 Å². The van der Waals surface area contributed by atoms with Crippen LogP contribution in [0.2, 0.25) is 0 Å². The average molecular weight is 488 g/mol. The predicted molar refractivity (Wildman–Crippen MR) is 146 cm³/mol. The molecule has 4 nitrogen and oxygen atoms in total. The van der Waals surface area contributed by atoms with Crippen LogP contribution in [-0.4, -0.2) is 45.4 Å². The zero-order valence-corrected chi connectivity index (χ0v) is 21.4. The van der Waals surface area contributed by atoms with Crippen molar-refractivity contribution in [3.05, 3.63) is 66.7 Å². The Morgan fingerprint density at radius 3 is 2.31 bits per heavy atom. The van der Waals surface area contributed by atoms with Gasteiger partial charge in [0.15, 0.2) is 0 Å². The first kappa shape index (κ1) is 23.7. The van der Waals surface area contributed by atoms with Crippen molar-refractivity contribution in [1.82, 2.24) is 4.90 Å². The molecule has 2 heterocycles. The van der Waals surface area contributed by atoms with Gasteiger partial charge in [0.2, 0.25) is 0 Å². The van der Waals surface area contributed by atoms with Crippen LogP contribution in [0.3, 0.4) is 0 Å². The Morgan fingerprint density at radius 1 is 0.771 bits per heavy atom. The Hall–Kier alpha value is -3.02. The molecule has 0 unspecified atom stereocenters. The van der Waals surface area contributed by atoms with E-state index in [2.05, 4.69) is 53.4 Å². The van der Waals surface area contributed by atoms with E-state index in [-0.39, 0.29) is 0 Å². The lowest BCUT2D eigenvalue weighted by Gasteiger charge is -2.26. The largest absolute Gasteiger partial charge is 0.497 e. The fraction of sp³-hybridized carbons (Fsp3) is 0.333. The van der Waals surface area contributed by atoms with Gasteiger partial charge >= 0.3 is 0 Å². The van der Waals surface area contributed by atoms with Crippen molar-refractivity contribution in [3.63, 3.8) is 0 Å². The first-order valence-corrected chi connectivity index (χ1v) is 13.3. The molecular weight excluding hydrogens is 454 g/mol. The highest BCUT2D eigenvalue weighted by Crippen LogP contribution is 2.46. The molecule has 0 bridgehead atoms. The predicted octanol–water partition coefficient (Wildman–Crippen LogP) is 7.51. The lowest BCUT2D eigenvalue weighted by molar-refractivity contribution is 0.205. The molecule has 4 aromatic rings. The van der Waals surface area contributed by atoms with Crippen LogP contribution >= 0.6 is 11.3 Å². The second-order valence-corrected chi connectivity index (χ2v) is 10.1. The number of ether oxygens (including phenoxy) is 3. The fourth-order valence-corrected chi connectivity index (χ4v) is 6.10. The third-order valence-electron chi connectivity index (χ3n) is 6.71. The second-order valence-electron chi connectivity index (χ2n) is 9.03. The van der Waals surface area contributed by atoms with Gasteiger partial charge < -0.3 is 19.1 Å². The standard InChI is InChI=1S/C30H33NO3S/c1-32-24-12-10-22(11-13-24)30-29(27-15-14-25(33-2)21-28(27)35-30)23-8-6-9-26(20-23)34-19-7-18-31-16-4-3-5-17-31/h6,8-15,20-21H,3-5,7,16-19H2,1-2H3. The Morgan fingerprint density at radius 2 is 1.54 bits per heavy atom. The summed E-state index contributed by atoms with van der Waals surface area (Å²) in [5.41, 5.74) is 3.58. The number of methoxy groups -OCH3 is 2. The Kier molecular flexibility index (Phi) is 7.55. The molecule has 0 aliphatic carbocycles. The summed E-state index contributed by atoms with van der Waals surface area (Å²) in [5.74, 6) is 2.66. The van der Waals surface area contributed by atoms with E-state index in [1.54, 1.807) is 25.6 Å². The normalized spacial score (nSPS) is 14.2. The molecule has 0 spiro atoms. The smallest absolute Gasteiger partial charge is 0.120 e.